The number of aromatic amines is 2. The first-order chi connectivity index (χ1) is 14.8. The van der Waals surface area contributed by atoms with Gasteiger partial charge >= 0.3 is 0 Å². The summed E-state index contributed by atoms with van der Waals surface area (Å²) in [6, 6.07) is 16.5. The van der Waals surface area contributed by atoms with Crippen LogP contribution in [0.3, 0.4) is 0 Å². The Kier molecular flexibility index (Phi) is 3.69. The van der Waals surface area contributed by atoms with Gasteiger partial charge in [0.1, 0.15) is 11.3 Å². The lowest BCUT2D eigenvalue weighted by atomic mass is 10.0. The normalized spacial score (nSPS) is 11.5. The lowest BCUT2D eigenvalue weighted by Gasteiger charge is -2.03. The van der Waals surface area contributed by atoms with Crippen LogP contribution in [-0.4, -0.2) is 25.1 Å². The molecule has 4 N–H and O–H groups in total. The average Bonchev–Trinajstić information content (AvgIpc) is 3.51. The number of anilines is 1. The molecule has 0 fully saturated rings. The standard InChI is InChI=1S/C23H16N6S/c24-15-8-14(11-25-12-15)13-3-4-19-18(9-13)22(29-28-19)20-10-17-16(21-2-1-7-30-21)5-6-26-23(17)27-20/h1-12H,24H2,(H,26,27)(H,28,29). The first kappa shape index (κ1) is 16.9. The van der Waals surface area contributed by atoms with Crippen LogP contribution in [0, 0.1) is 0 Å². The second-order valence-corrected chi connectivity index (χ2v) is 8.07. The maximum atomic E-state index is 5.91. The van der Waals surface area contributed by atoms with E-state index in [0.29, 0.717) is 5.69 Å². The molecular formula is C23H16N6S. The third-order valence-corrected chi connectivity index (χ3v) is 6.13. The Labute approximate surface area is 175 Å². The van der Waals surface area contributed by atoms with E-state index in [1.54, 1.807) is 17.5 Å². The summed E-state index contributed by atoms with van der Waals surface area (Å²) in [6.07, 6.45) is 5.30. The van der Waals surface area contributed by atoms with Crippen molar-refractivity contribution < 1.29 is 0 Å². The smallest absolute Gasteiger partial charge is 0.138 e. The SMILES string of the molecule is Nc1cncc(-c2ccc3[nH]nc(-c4cc5c(-c6cccs6)ccnc5[nH]4)c3c2)c1. The molecule has 0 radical (unpaired) electrons. The quantitative estimate of drug-likeness (QED) is 0.361. The molecule has 0 saturated heterocycles. The van der Waals surface area contributed by atoms with Gasteiger partial charge in [-0.05, 0) is 47.3 Å². The lowest BCUT2D eigenvalue weighted by Crippen LogP contribution is -1.87. The number of fused-ring (bicyclic) bond motifs is 2. The zero-order valence-corrected chi connectivity index (χ0v) is 16.6. The molecule has 0 aliphatic rings. The Morgan fingerprint density at radius 2 is 1.90 bits per heavy atom. The minimum Gasteiger partial charge on any atom is -0.397 e. The summed E-state index contributed by atoms with van der Waals surface area (Å²) < 4.78 is 0. The zero-order chi connectivity index (χ0) is 20.1. The third kappa shape index (κ3) is 2.67. The number of hydrogen-bond acceptors (Lipinski definition) is 5. The minimum atomic E-state index is 0.641. The van der Waals surface area contributed by atoms with Gasteiger partial charge in [-0.3, -0.25) is 10.1 Å². The molecule has 0 atom stereocenters. The summed E-state index contributed by atoms with van der Waals surface area (Å²) in [5.41, 5.74) is 13.3. The van der Waals surface area contributed by atoms with Crippen molar-refractivity contribution in [1.29, 1.82) is 0 Å². The molecule has 5 aromatic heterocycles. The number of H-pyrrole nitrogens is 2. The van der Waals surface area contributed by atoms with Crippen molar-refractivity contribution in [2.24, 2.45) is 0 Å². The number of thiophene rings is 1. The van der Waals surface area contributed by atoms with Gasteiger partial charge in [0, 0.05) is 45.4 Å². The van der Waals surface area contributed by atoms with Crippen LogP contribution in [-0.2, 0) is 0 Å². The second-order valence-electron chi connectivity index (χ2n) is 7.12. The number of pyridine rings is 2. The molecule has 30 heavy (non-hydrogen) atoms. The molecule has 0 spiro atoms. The highest BCUT2D eigenvalue weighted by molar-refractivity contribution is 7.13. The predicted octanol–water partition coefficient (Wildman–Crippen LogP) is 5.48. The Morgan fingerprint density at radius 3 is 2.77 bits per heavy atom. The van der Waals surface area contributed by atoms with Gasteiger partial charge in [-0.15, -0.1) is 11.3 Å². The van der Waals surface area contributed by atoms with E-state index in [1.807, 2.05) is 30.6 Å². The van der Waals surface area contributed by atoms with E-state index in [9.17, 15) is 0 Å². The number of nitrogens with two attached hydrogens (primary N) is 1. The number of nitrogens with one attached hydrogen (secondary N) is 2. The monoisotopic (exact) mass is 408 g/mol. The minimum absolute atomic E-state index is 0.641. The Morgan fingerprint density at radius 1 is 0.933 bits per heavy atom. The Hall–Kier alpha value is -3.97. The summed E-state index contributed by atoms with van der Waals surface area (Å²) in [7, 11) is 0. The number of nitrogens with zero attached hydrogens (tertiary/aromatic N) is 3. The fourth-order valence-electron chi connectivity index (χ4n) is 3.82. The van der Waals surface area contributed by atoms with Crippen molar-refractivity contribution in [2.75, 3.05) is 5.73 Å². The van der Waals surface area contributed by atoms with Crippen LogP contribution in [0.2, 0.25) is 0 Å². The molecule has 6 rings (SSSR count). The first-order valence-electron chi connectivity index (χ1n) is 9.47. The summed E-state index contributed by atoms with van der Waals surface area (Å²) in [6.45, 7) is 0. The van der Waals surface area contributed by atoms with Crippen molar-refractivity contribution in [3.05, 3.63) is 72.5 Å². The Balaban J connectivity index is 1.52. The fourth-order valence-corrected chi connectivity index (χ4v) is 4.58. The molecule has 7 heteroatoms. The van der Waals surface area contributed by atoms with Crippen molar-refractivity contribution in [3.8, 4) is 33.0 Å². The summed E-state index contributed by atoms with van der Waals surface area (Å²) >= 11 is 1.72. The van der Waals surface area contributed by atoms with Gasteiger partial charge in [-0.25, -0.2) is 4.98 Å². The van der Waals surface area contributed by atoms with Crippen molar-refractivity contribution >= 4 is 39.0 Å². The maximum absolute atomic E-state index is 5.91. The molecular weight excluding hydrogens is 392 g/mol. The van der Waals surface area contributed by atoms with E-state index in [0.717, 1.165) is 44.5 Å². The van der Waals surface area contributed by atoms with Crippen LogP contribution in [0.15, 0.2) is 72.5 Å². The molecule has 5 heterocycles. The molecule has 6 nitrogen and oxygen atoms in total. The van der Waals surface area contributed by atoms with Crippen LogP contribution >= 0.6 is 11.3 Å². The number of benzene rings is 1. The van der Waals surface area contributed by atoms with Gasteiger partial charge in [0.05, 0.1) is 16.9 Å². The van der Waals surface area contributed by atoms with Gasteiger partial charge in [0.25, 0.3) is 0 Å². The Bertz CT molecular complexity index is 1510. The molecule has 6 aromatic rings. The summed E-state index contributed by atoms with van der Waals surface area (Å²) in [4.78, 5) is 13.4. The summed E-state index contributed by atoms with van der Waals surface area (Å²) in [5.74, 6) is 0. The number of aromatic nitrogens is 5. The van der Waals surface area contributed by atoms with E-state index in [-0.39, 0.29) is 0 Å². The number of nitrogen functional groups attached to an aromatic ring is 1. The van der Waals surface area contributed by atoms with Gasteiger partial charge < -0.3 is 10.7 Å². The lowest BCUT2D eigenvalue weighted by molar-refractivity contribution is 1.12. The van der Waals surface area contributed by atoms with Crippen LogP contribution in [0.5, 0.6) is 0 Å². The first-order valence-corrected chi connectivity index (χ1v) is 10.4. The van der Waals surface area contributed by atoms with Crippen molar-refractivity contribution in [3.63, 3.8) is 0 Å². The maximum Gasteiger partial charge on any atom is 0.138 e. The third-order valence-electron chi connectivity index (χ3n) is 5.23. The van der Waals surface area contributed by atoms with E-state index in [1.165, 1.54) is 10.4 Å². The predicted molar refractivity (Wildman–Crippen MR) is 122 cm³/mol. The van der Waals surface area contributed by atoms with Crippen LogP contribution in [0.25, 0.3) is 54.9 Å². The number of hydrogen-bond donors (Lipinski definition) is 3. The van der Waals surface area contributed by atoms with Crippen molar-refractivity contribution in [1.82, 2.24) is 25.1 Å². The molecule has 144 valence electrons. The van der Waals surface area contributed by atoms with E-state index in [2.05, 4.69) is 60.9 Å². The fraction of sp³-hybridized carbons (Fsp3) is 0. The number of rotatable bonds is 3. The van der Waals surface area contributed by atoms with E-state index < -0.39 is 0 Å². The van der Waals surface area contributed by atoms with Crippen LogP contribution in [0.1, 0.15) is 0 Å². The molecule has 0 saturated carbocycles. The van der Waals surface area contributed by atoms with Gasteiger partial charge in [-0.1, -0.05) is 12.1 Å². The molecule has 0 aliphatic carbocycles. The molecule has 0 unspecified atom stereocenters. The van der Waals surface area contributed by atoms with Crippen molar-refractivity contribution in [2.45, 2.75) is 0 Å². The molecule has 1 aromatic carbocycles. The molecule has 0 aliphatic heterocycles. The van der Waals surface area contributed by atoms with Crippen LogP contribution < -0.4 is 5.73 Å². The largest absolute Gasteiger partial charge is 0.397 e. The summed E-state index contributed by atoms with van der Waals surface area (Å²) in [5, 5.41) is 11.9. The highest BCUT2D eigenvalue weighted by atomic mass is 32.1. The highest BCUT2D eigenvalue weighted by Crippen LogP contribution is 2.35. The zero-order valence-electron chi connectivity index (χ0n) is 15.8. The van der Waals surface area contributed by atoms with Gasteiger partial charge in [0.15, 0.2) is 0 Å². The topological polar surface area (TPSA) is 96.3 Å². The second kappa shape index (κ2) is 6.53. The van der Waals surface area contributed by atoms with Crippen LogP contribution in [0.4, 0.5) is 5.69 Å². The highest BCUT2D eigenvalue weighted by Gasteiger charge is 2.15. The van der Waals surface area contributed by atoms with Gasteiger partial charge in [-0.2, -0.15) is 5.10 Å². The molecule has 0 bridgehead atoms. The van der Waals surface area contributed by atoms with E-state index >= 15 is 0 Å². The van der Waals surface area contributed by atoms with E-state index in [4.69, 9.17) is 5.73 Å². The van der Waals surface area contributed by atoms with Gasteiger partial charge in [0.2, 0.25) is 0 Å². The molecule has 0 amide bonds. The average molecular weight is 408 g/mol.